The Bertz CT molecular complexity index is 1080. The smallest absolute Gasteiger partial charge is 0.333 e. The lowest BCUT2D eigenvalue weighted by molar-refractivity contribution is -0.122. The quantitative estimate of drug-likeness (QED) is 0.341. The first kappa shape index (κ1) is 25.5. The third-order valence-corrected chi connectivity index (χ3v) is 7.29. The Morgan fingerprint density at radius 2 is 1.80 bits per heavy atom. The summed E-state index contributed by atoms with van der Waals surface area (Å²) >= 11 is 6.29. The monoisotopic (exact) mass is 503 g/mol. The van der Waals surface area contributed by atoms with E-state index in [0.717, 1.165) is 64.5 Å². The molecule has 4 N–H and O–H groups in total. The largest absolute Gasteiger partial charge is 0.373 e. The summed E-state index contributed by atoms with van der Waals surface area (Å²) in [5.74, 6) is -0.668. The van der Waals surface area contributed by atoms with Crippen molar-refractivity contribution < 1.29 is 14.7 Å². The van der Waals surface area contributed by atoms with Crippen molar-refractivity contribution in [1.82, 2.24) is 25.1 Å². The van der Waals surface area contributed by atoms with Crippen LogP contribution in [0.2, 0.25) is 5.02 Å². The molecular formula is C25H34ClN5O4. The molecule has 4 rings (SSSR count). The number of rotatable bonds is 7. The average molecular weight is 504 g/mol. The van der Waals surface area contributed by atoms with Crippen molar-refractivity contribution in [2.24, 2.45) is 5.92 Å². The molecule has 0 spiro atoms. The highest BCUT2D eigenvalue weighted by molar-refractivity contribution is 6.33. The maximum absolute atomic E-state index is 12.9. The molecule has 2 aromatic rings. The molecule has 35 heavy (non-hydrogen) atoms. The SMILES string of the molecule is O=C(Cn1ccn(-c2ccc(Cl)c(C(=O)NC(O)C3CCCCCC3)c2)c1=O)NC1CCNCC1. The Morgan fingerprint density at radius 1 is 1.09 bits per heavy atom. The van der Waals surface area contributed by atoms with Crippen LogP contribution in [0.4, 0.5) is 0 Å². The number of carbonyl (C=O) groups is 2. The normalized spacial score (nSPS) is 18.6. The fraction of sp³-hybridized carbons (Fsp3) is 0.560. The minimum absolute atomic E-state index is 0.0241. The Balaban J connectivity index is 1.44. The van der Waals surface area contributed by atoms with E-state index in [1.807, 2.05) is 0 Å². The van der Waals surface area contributed by atoms with Crippen LogP contribution >= 0.6 is 11.6 Å². The van der Waals surface area contributed by atoms with Crippen LogP contribution in [0.3, 0.4) is 0 Å². The predicted octanol–water partition coefficient (Wildman–Crippen LogP) is 2.18. The van der Waals surface area contributed by atoms with Crippen LogP contribution in [0.5, 0.6) is 0 Å². The number of aliphatic hydroxyl groups excluding tert-OH is 1. The van der Waals surface area contributed by atoms with Crippen LogP contribution in [0, 0.1) is 5.92 Å². The summed E-state index contributed by atoms with van der Waals surface area (Å²) in [5, 5.41) is 19.7. The van der Waals surface area contributed by atoms with E-state index in [0.29, 0.717) is 5.69 Å². The summed E-state index contributed by atoms with van der Waals surface area (Å²) in [5.41, 5.74) is 0.240. The molecule has 1 atom stereocenters. The van der Waals surface area contributed by atoms with Gasteiger partial charge in [-0.05, 0) is 57.0 Å². The number of nitrogens with one attached hydrogen (secondary N) is 3. The standard InChI is InChI=1S/C25H34ClN5O4/c26-21-8-7-19(15-20(21)24(34)29-23(33)17-5-3-1-2-4-6-17)31-14-13-30(25(31)35)16-22(32)28-18-9-11-27-12-10-18/h7-8,13-15,17-18,23,27,33H,1-6,9-12,16H2,(H,28,32)(H,29,34). The van der Waals surface area contributed by atoms with Gasteiger partial charge in [0.05, 0.1) is 16.3 Å². The summed E-state index contributed by atoms with van der Waals surface area (Å²) < 4.78 is 2.70. The van der Waals surface area contributed by atoms with Gasteiger partial charge in [-0.25, -0.2) is 4.79 Å². The molecule has 2 aliphatic rings. The predicted molar refractivity (Wildman–Crippen MR) is 134 cm³/mol. The van der Waals surface area contributed by atoms with Crippen molar-refractivity contribution in [3.63, 3.8) is 0 Å². The lowest BCUT2D eigenvalue weighted by atomic mass is 9.98. The van der Waals surface area contributed by atoms with Gasteiger partial charge in [0, 0.05) is 24.4 Å². The summed E-state index contributed by atoms with van der Waals surface area (Å²) in [6, 6.07) is 4.84. The molecule has 2 amide bonds. The molecule has 1 aliphatic heterocycles. The topological polar surface area (TPSA) is 117 Å². The molecule has 190 valence electrons. The van der Waals surface area contributed by atoms with Gasteiger partial charge < -0.3 is 21.1 Å². The average Bonchev–Trinajstić information content (AvgIpc) is 3.03. The number of amides is 2. The van der Waals surface area contributed by atoms with Crippen LogP contribution in [-0.2, 0) is 11.3 Å². The van der Waals surface area contributed by atoms with E-state index in [-0.39, 0.29) is 35.0 Å². The Hall–Kier alpha value is -2.62. The minimum atomic E-state index is -0.942. The number of aromatic nitrogens is 2. The zero-order chi connectivity index (χ0) is 24.8. The van der Waals surface area contributed by atoms with Gasteiger partial charge in [0.25, 0.3) is 5.91 Å². The fourth-order valence-corrected chi connectivity index (χ4v) is 5.12. The van der Waals surface area contributed by atoms with Gasteiger partial charge in [0.2, 0.25) is 5.91 Å². The third-order valence-electron chi connectivity index (χ3n) is 6.96. The first-order valence-electron chi connectivity index (χ1n) is 12.5. The number of carbonyl (C=O) groups excluding carboxylic acids is 2. The highest BCUT2D eigenvalue weighted by Gasteiger charge is 2.24. The lowest BCUT2D eigenvalue weighted by Gasteiger charge is -2.23. The second-order valence-electron chi connectivity index (χ2n) is 9.50. The molecule has 1 aromatic heterocycles. The van der Waals surface area contributed by atoms with Crippen LogP contribution in [0.1, 0.15) is 61.7 Å². The van der Waals surface area contributed by atoms with Crippen molar-refractivity contribution in [1.29, 1.82) is 0 Å². The van der Waals surface area contributed by atoms with Gasteiger partial charge in [-0.3, -0.25) is 18.7 Å². The number of halogens is 1. The van der Waals surface area contributed by atoms with E-state index in [9.17, 15) is 19.5 Å². The maximum atomic E-state index is 12.9. The van der Waals surface area contributed by atoms with E-state index < -0.39 is 17.8 Å². The number of aliphatic hydroxyl groups is 1. The molecule has 1 unspecified atom stereocenters. The van der Waals surface area contributed by atoms with Crippen molar-refractivity contribution in [3.05, 3.63) is 51.7 Å². The number of benzene rings is 1. The van der Waals surface area contributed by atoms with Crippen LogP contribution in [0.15, 0.2) is 35.4 Å². The van der Waals surface area contributed by atoms with Gasteiger partial charge >= 0.3 is 5.69 Å². The van der Waals surface area contributed by atoms with Crippen molar-refractivity contribution in [2.45, 2.75) is 70.2 Å². The highest BCUT2D eigenvalue weighted by atomic mass is 35.5. The van der Waals surface area contributed by atoms with Gasteiger partial charge in [0.15, 0.2) is 0 Å². The van der Waals surface area contributed by atoms with E-state index in [4.69, 9.17) is 11.6 Å². The molecule has 0 radical (unpaired) electrons. The van der Waals surface area contributed by atoms with Gasteiger partial charge in [-0.2, -0.15) is 0 Å². The van der Waals surface area contributed by atoms with Crippen molar-refractivity contribution in [2.75, 3.05) is 13.1 Å². The summed E-state index contributed by atoms with van der Waals surface area (Å²) in [7, 11) is 0. The first-order chi connectivity index (χ1) is 16.9. The Labute approximate surface area is 209 Å². The van der Waals surface area contributed by atoms with Gasteiger partial charge in [0.1, 0.15) is 12.8 Å². The van der Waals surface area contributed by atoms with E-state index >= 15 is 0 Å². The summed E-state index contributed by atoms with van der Waals surface area (Å²) in [6.45, 7) is 1.65. The van der Waals surface area contributed by atoms with Crippen LogP contribution in [-0.4, -0.2) is 51.4 Å². The molecular weight excluding hydrogens is 470 g/mol. The number of nitrogens with zero attached hydrogens (tertiary/aromatic N) is 2. The molecule has 1 aliphatic carbocycles. The molecule has 0 bridgehead atoms. The fourth-order valence-electron chi connectivity index (χ4n) is 4.92. The van der Waals surface area contributed by atoms with Crippen molar-refractivity contribution >= 4 is 23.4 Å². The zero-order valence-corrected chi connectivity index (χ0v) is 20.6. The number of hydrogen-bond acceptors (Lipinski definition) is 5. The lowest BCUT2D eigenvalue weighted by Crippen LogP contribution is -2.44. The highest BCUT2D eigenvalue weighted by Crippen LogP contribution is 2.25. The number of hydrogen-bond donors (Lipinski definition) is 4. The van der Waals surface area contributed by atoms with E-state index in [2.05, 4.69) is 16.0 Å². The molecule has 10 heteroatoms. The van der Waals surface area contributed by atoms with E-state index in [1.54, 1.807) is 24.5 Å². The molecule has 1 aromatic carbocycles. The molecule has 1 saturated carbocycles. The van der Waals surface area contributed by atoms with Gasteiger partial charge in [-0.1, -0.05) is 37.3 Å². The Morgan fingerprint density at radius 3 is 2.51 bits per heavy atom. The number of imidazole rings is 1. The second kappa shape index (κ2) is 11.9. The third kappa shape index (κ3) is 6.54. The van der Waals surface area contributed by atoms with Gasteiger partial charge in [-0.15, -0.1) is 0 Å². The zero-order valence-electron chi connectivity index (χ0n) is 19.8. The Kier molecular flexibility index (Phi) is 8.64. The molecule has 2 heterocycles. The first-order valence-corrected chi connectivity index (χ1v) is 12.9. The molecule has 1 saturated heterocycles. The molecule has 2 fully saturated rings. The number of piperidine rings is 1. The van der Waals surface area contributed by atoms with Crippen molar-refractivity contribution in [3.8, 4) is 5.69 Å². The maximum Gasteiger partial charge on any atom is 0.333 e. The summed E-state index contributed by atoms with van der Waals surface area (Å²) in [4.78, 5) is 38.3. The minimum Gasteiger partial charge on any atom is -0.373 e. The second-order valence-corrected chi connectivity index (χ2v) is 9.91. The van der Waals surface area contributed by atoms with Crippen LogP contribution < -0.4 is 21.6 Å². The van der Waals surface area contributed by atoms with Crippen LogP contribution in [0.25, 0.3) is 5.69 Å². The van der Waals surface area contributed by atoms with E-state index in [1.165, 1.54) is 15.2 Å². The summed E-state index contributed by atoms with van der Waals surface area (Å²) in [6.07, 6.45) is 10.1. The molecule has 9 nitrogen and oxygen atoms in total.